The SMILES string of the molecule is Cc1cccc(S(=O)(=O)NCC(C)(O)c2ccsc2)c1Cl. The van der Waals surface area contributed by atoms with E-state index in [1.807, 2.05) is 5.38 Å². The van der Waals surface area contributed by atoms with E-state index in [1.54, 1.807) is 37.4 Å². The van der Waals surface area contributed by atoms with Crippen molar-refractivity contribution >= 4 is 33.0 Å². The quantitative estimate of drug-likeness (QED) is 0.875. The third-order valence-corrected chi connectivity index (χ3v) is 5.94. The van der Waals surface area contributed by atoms with E-state index < -0.39 is 15.6 Å². The van der Waals surface area contributed by atoms with E-state index in [-0.39, 0.29) is 16.5 Å². The number of halogens is 1. The summed E-state index contributed by atoms with van der Waals surface area (Å²) in [7, 11) is -3.78. The van der Waals surface area contributed by atoms with E-state index in [1.165, 1.54) is 17.4 Å². The highest BCUT2D eigenvalue weighted by Gasteiger charge is 2.27. The van der Waals surface area contributed by atoms with Crippen molar-refractivity contribution in [1.29, 1.82) is 0 Å². The summed E-state index contributed by atoms with van der Waals surface area (Å²) in [5.41, 5.74) is 0.0817. The lowest BCUT2D eigenvalue weighted by atomic mass is 10.0. The Balaban J connectivity index is 2.21. The van der Waals surface area contributed by atoms with Gasteiger partial charge in [-0.2, -0.15) is 11.3 Å². The predicted molar refractivity (Wildman–Crippen MR) is 85.3 cm³/mol. The predicted octanol–water partition coefficient (Wildman–Crippen LogP) is 2.90. The largest absolute Gasteiger partial charge is 0.384 e. The van der Waals surface area contributed by atoms with Gasteiger partial charge in [-0.05, 0) is 47.9 Å². The molecule has 1 aromatic carbocycles. The lowest BCUT2D eigenvalue weighted by molar-refractivity contribution is 0.0632. The molecule has 0 radical (unpaired) electrons. The monoisotopic (exact) mass is 345 g/mol. The maximum absolute atomic E-state index is 12.3. The van der Waals surface area contributed by atoms with Crippen molar-refractivity contribution in [2.24, 2.45) is 0 Å². The molecule has 0 saturated heterocycles. The summed E-state index contributed by atoms with van der Waals surface area (Å²) < 4.78 is 27.0. The zero-order valence-corrected chi connectivity index (χ0v) is 14.0. The van der Waals surface area contributed by atoms with Gasteiger partial charge in [0.25, 0.3) is 0 Å². The van der Waals surface area contributed by atoms with Crippen LogP contribution in [0, 0.1) is 6.92 Å². The zero-order chi connectivity index (χ0) is 15.7. The molecule has 1 unspecified atom stereocenters. The molecule has 0 aliphatic rings. The van der Waals surface area contributed by atoms with Crippen LogP contribution in [0.1, 0.15) is 18.1 Å². The molecule has 0 aliphatic carbocycles. The van der Waals surface area contributed by atoms with Crippen LogP contribution in [0.15, 0.2) is 39.9 Å². The first-order valence-electron chi connectivity index (χ1n) is 6.24. The van der Waals surface area contributed by atoms with Crippen molar-refractivity contribution in [2.45, 2.75) is 24.3 Å². The van der Waals surface area contributed by atoms with Crippen LogP contribution < -0.4 is 4.72 Å². The molecule has 2 aromatic rings. The molecule has 0 fully saturated rings. The molecular formula is C14H16ClNO3S2. The molecule has 0 amide bonds. The summed E-state index contributed by atoms with van der Waals surface area (Å²) in [5.74, 6) is 0. The maximum atomic E-state index is 12.3. The Bertz CT molecular complexity index is 725. The van der Waals surface area contributed by atoms with Crippen LogP contribution in [0.2, 0.25) is 5.02 Å². The molecule has 0 spiro atoms. The molecule has 2 rings (SSSR count). The van der Waals surface area contributed by atoms with E-state index in [0.29, 0.717) is 11.1 Å². The fourth-order valence-corrected chi connectivity index (χ4v) is 4.31. The summed E-state index contributed by atoms with van der Waals surface area (Å²) in [5, 5.41) is 14.2. The van der Waals surface area contributed by atoms with Crippen molar-refractivity contribution in [3.8, 4) is 0 Å². The first-order valence-corrected chi connectivity index (χ1v) is 9.04. The van der Waals surface area contributed by atoms with Gasteiger partial charge in [-0.15, -0.1) is 0 Å². The third kappa shape index (κ3) is 3.64. The number of hydrogen-bond donors (Lipinski definition) is 2. The van der Waals surface area contributed by atoms with Gasteiger partial charge in [-0.25, -0.2) is 13.1 Å². The minimum Gasteiger partial charge on any atom is -0.384 e. The minimum absolute atomic E-state index is 0.0188. The Morgan fingerprint density at radius 1 is 1.38 bits per heavy atom. The molecule has 1 aromatic heterocycles. The van der Waals surface area contributed by atoms with E-state index >= 15 is 0 Å². The Labute approximate surface area is 133 Å². The standard InChI is InChI=1S/C14H16ClNO3S2/c1-10-4-3-5-12(13(10)15)21(18,19)16-9-14(2,17)11-6-7-20-8-11/h3-8,16-17H,9H2,1-2H3. The number of aryl methyl sites for hydroxylation is 1. The van der Waals surface area contributed by atoms with Crippen LogP contribution >= 0.6 is 22.9 Å². The summed E-state index contributed by atoms with van der Waals surface area (Å²) in [4.78, 5) is 0.0188. The third-order valence-electron chi connectivity index (χ3n) is 3.20. The van der Waals surface area contributed by atoms with Gasteiger partial charge in [0.1, 0.15) is 10.5 Å². The van der Waals surface area contributed by atoms with Gasteiger partial charge >= 0.3 is 0 Å². The highest BCUT2D eigenvalue weighted by molar-refractivity contribution is 7.89. The highest BCUT2D eigenvalue weighted by Crippen LogP contribution is 2.26. The average molecular weight is 346 g/mol. The molecule has 0 bridgehead atoms. The molecule has 21 heavy (non-hydrogen) atoms. The van der Waals surface area contributed by atoms with Crippen molar-refractivity contribution in [3.63, 3.8) is 0 Å². The summed E-state index contributed by atoms with van der Waals surface area (Å²) in [6, 6.07) is 6.57. The minimum atomic E-state index is -3.78. The molecule has 2 N–H and O–H groups in total. The number of hydrogen-bond acceptors (Lipinski definition) is 4. The molecule has 114 valence electrons. The molecule has 1 atom stereocenters. The second kappa shape index (κ2) is 6.06. The van der Waals surface area contributed by atoms with Gasteiger partial charge < -0.3 is 5.11 Å². The van der Waals surface area contributed by atoms with E-state index in [9.17, 15) is 13.5 Å². The fraction of sp³-hybridized carbons (Fsp3) is 0.286. The number of benzene rings is 1. The topological polar surface area (TPSA) is 66.4 Å². The average Bonchev–Trinajstić information content (AvgIpc) is 2.94. The van der Waals surface area contributed by atoms with Gasteiger partial charge in [-0.3, -0.25) is 0 Å². The van der Waals surface area contributed by atoms with E-state index in [0.717, 1.165) is 0 Å². The van der Waals surface area contributed by atoms with Crippen LogP contribution in [-0.2, 0) is 15.6 Å². The Kier molecular flexibility index (Phi) is 4.75. The molecule has 7 heteroatoms. The van der Waals surface area contributed by atoms with Crippen molar-refractivity contribution in [3.05, 3.63) is 51.2 Å². The first kappa shape index (κ1) is 16.5. The fourth-order valence-electron chi connectivity index (χ4n) is 1.81. The summed E-state index contributed by atoms with van der Waals surface area (Å²) >= 11 is 7.49. The highest BCUT2D eigenvalue weighted by atomic mass is 35.5. The molecule has 1 heterocycles. The van der Waals surface area contributed by atoms with Crippen LogP contribution in [0.3, 0.4) is 0 Å². The van der Waals surface area contributed by atoms with Crippen LogP contribution in [0.25, 0.3) is 0 Å². The van der Waals surface area contributed by atoms with Gasteiger partial charge in [0.15, 0.2) is 0 Å². The van der Waals surface area contributed by atoms with Gasteiger partial charge in [0, 0.05) is 6.54 Å². The van der Waals surface area contributed by atoms with E-state index in [2.05, 4.69) is 4.72 Å². The zero-order valence-electron chi connectivity index (χ0n) is 11.6. The molecule has 0 saturated carbocycles. The smallest absolute Gasteiger partial charge is 0.242 e. The van der Waals surface area contributed by atoms with Crippen LogP contribution in [0.4, 0.5) is 0 Å². The van der Waals surface area contributed by atoms with Gasteiger partial charge in [0.2, 0.25) is 10.0 Å². The molecular weight excluding hydrogens is 330 g/mol. The van der Waals surface area contributed by atoms with Crippen LogP contribution in [-0.4, -0.2) is 20.1 Å². The normalized spacial score (nSPS) is 14.9. The van der Waals surface area contributed by atoms with Crippen molar-refractivity contribution in [1.82, 2.24) is 4.72 Å². The van der Waals surface area contributed by atoms with Crippen LogP contribution in [0.5, 0.6) is 0 Å². The van der Waals surface area contributed by atoms with Crippen molar-refractivity contribution in [2.75, 3.05) is 6.54 Å². The van der Waals surface area contributed by atoms with E-state index in [4.69, 9.17) is 11.6 Å². The number of thiophene rings is 1. The number of sulfonamides is 1. The Morgan fingerprint density at radius 2 is 2.10 bits per heavy atom. The van der Waals surface area contributed by atoms with Crippen molar-refractivity contribution < 1.29 is 13.5 Å². The maximum Gasteiger partial charge on any atom is 0.242 e. The summed E-state index contributed by atoms with van der Waals surface area (Å²) in [6.45, 7) is 3.18. The number of nitrogens with one attached hydrogen (secondary N) is 1. The number of rotatable bonds is 5. The lowest BCUT2D eigenvalue weighted by Crippen LogP contribution is -2.38. The molecule has 4 nitrogen and oxygen atoms in total. The first-order chi connectivity index (χ1) is 9.74. The van der Waals surface area contributed by atoms with Gasteiger partial charge in [0.05, 0.1) is 5.02 Å². The second-order valence-corrected chi connectivity index (χ2v) is 7.89. The van der Waals surface area contributed by atoms with Gasteiger partial charge in [-0.1, -0.05) is 23.7 Å². The lowest BCUT2D eigenvalue weighted by Gasteiger charge is -2.23. The second-order valence-electron chi connectivity index (χ2n) is 5.00. The molecule has 0 aliphatic heterocycles. The Morgan fingerprint density at radius 3 is 2.71 bits per heavy atom. The Hall–Kier alpha value is -0.920. The number of aliphatic hydroxyl groups is 1. The summed E-state index contributed by atoms with van der Waals surface area (Å²) in [6.07, 6.45) is 0.